The Labute approximate surface area is 144 Å². The third-order valence-electron chi connectivity index (χ3n) is 6.46. The van der Waals surface area contributed by atoms with E-state index in [-0.39, 0.29) is 6.23 Å². The second-order valence-corrected chi connectivity index (χ2v) is 8.35. The minimum atomic E-state index is 0.167. The molecule has 1 aromatic rings. The summed E-state index contributed by atoms with van der Waals surface area (Å²) in [4.78, 5) is 3.48. The van der Waals surface area contributed by atoms with Crippen LogP contribution in [0.2, 0.25) is 0 Å². The van der Waals surface area contributed by atoms with Crippen LogP contribution >= 0.6 is 0 Å². The standard InChI is InChI=1S/C19H30N4O/c1-3-14-10-16-5-7-18(22-16)24-19-8-6-17(23-19)11-15-4-2-13(21-15)9-12(1)20-14/h5,7,12-15,17,19-23H,1-4,6,8-11H2. The number of hydrogen-bond donors (Lipinski definition) is 4. The Morgan fingerprint density at radius 3 is 2.12 bits per heavy atom. The largest absolute Gasteiger partial charge is 0.460 e. The number of hydrogen-bond acceptors (Lipinski definition) is 4. The van der Waals surface area contributed by atoms with Crippen molar-refractivity contribution in [1.29, 1.82) is 0 Å². The van der Waals surface area contributed by atoms with Gasteiger partial charge in [0.1, 0.15) is 0 Å². The second-order valence-electron chi connectivity index (χ2n) is 8.35. The van der Waals surface area contributed by atoms with Gasteiger partial charge >= 0.3 is 0 Å². The summed E-state index contributed by atoms with van der Waals surface area (Å²) < 4.78 is 6.14. The first kappa shape index (κ1) is 15.2. The number of aromatic amines is 1. The number of ether oxygens (including phenoxy) is 1. The number of rotatable bonds is 0. The normalized spacial score (nSPS) is 42.2. The Morgan fingerprint density at radius 2 is 1.33 bits per heavy atom. The summed E-state index contributed by atoms with van der Waals surface area (Å²) in [6.45, 7) is 0. The zero-order valence-electron chi connectivity index (χ0n) is 14.4. The van der Waals surface area contributed by atoms with E-state index < -0.39 is 0 Å². The van der Waals surface area contributed by atoms with Crippen molar-refractivity contribution in [2.24, 2.45) is 0 Å². The fourth-order valence-electron chi connectivity index (χ4n) is 5.30. The zero-order valence-corrected chi connectivity index (χ0v) is 14.4. The van der Waals surface area contributed by atoms with E-state index in [9.17, 15) is 0 Å². The molecule has 0 spiro atoms. The van der Waals surface area contributed by atoms with Gasteiger partial charge in [0.05, 0.1) is 0 Å². The van der Waals surface area contributed by atoms with Crippen molar-refractivity contribution in [2.75, 3.05) is 0 Å². The smallest absolute Gasteiger partial charge is 0.192 e. The predicted molar refractivity (Wildman–Crippen MR) is 94.2 cm³/mol. The van der Waals surface area contributed by atoms with Crippen molar-refractivity contribution in [3.63, 3.8) is 0 Å². The highest BCUT2D eigenvalue weighted by molar-refractivity contribution is 5.19. The summed E-state index contributed by atoms with van der Waals surface area (Å²) in [7, 11) is 0. The highest BCUT2D eigenvalue weighted by Crippen LogP contribution is 2.28. The van der Waals surface area contributed by atoms with Gasteiger partial charge in [0.15, 0.2) is 12.1 Å². The lowest BCUT2D eigenvalue weighted by atomic mass is 10.0. The molecule has 0 amide bonds. The van der Waals surface area contributed by atoms with Gasteiger partial charge in [-0.3, -0.25) is 5.32 Å². The highest BCUT2D eigenvalue weighted by atomic mass is 16.5. The van der Waals surface area contributed by atoms with Crippen LogP contribution in [-0.2, 0) is 6.42 Å². The Balaban J connectivity index is 1.33. The summed E-state index contributed by atoms with van der Waals surface area (Å²) in [5, 5.41) is 11.5. The van der Waals surface area contributed by atoms with Gasteiger partial charge in [-0.15, -0.1) is 0 Å². The van der Waals surface area contributed by atoms with Gasteiger partial charge in [-0.2, -0.15) is 0 Å². The molecule has 4 aliphatic rings. The quantitative estimate of drug-likeness (QED) is 0.588. The van der Waals surface area contributed by atoms with Crippen molar-refractivity contribution in [3.05, 3.63) is 17.8 Å². The summed E-state index contributed by atoms with van der Waals surface area (Å²) in [6.07, 6.45) is 11.4. The van der Waals surface area contributed by atoms with Crippen LogP contribution in [0.1, 0.15) is 57.1 Å². The summed E-state index contributed by atoms with van der Waals surface area (Å²) in [6, 6.07) is 7.59. The van der Waals surface area contributed by atoms with Gasteiger partial charge in [0.2, 0.25) is 0 Å². The van der Waals surface area contributed by atoms with E-state index >= 15 is 0 Å². The van der Waals surface area contributed by atoms with Crippen LogP contribution in [0.4, 0.5) is 0 Å². The number of fused-ring (bicyclic) bond motifs is 8. The topological polar surface area (TPSA) is 61.1 Å². The Hall–Kier alpha value is -1.04. The van der Waals surface area contributed by atoms with E-state index in [1.165, 1.54) is 50.6 Å². The van der Waals surface area contributed by atoms with Crippen molar-refractivity contribution >= 4 is 0 Å². The van der Waals surface area contributed by atoms with E-state index in [0.717, 1.165) is 18.7 Å². The molecule has 5 heterocycles. The van der Waals surface area contributed by atoms with Crippen molar-refractivity contribution < 1.29 is 4.74 Å². The van der Waals surface area contributed by atoms with Gasteiger partial charge < -0.3 is 20.4 Å². The van der Waals surface area contributed by atoms with E-state index in [1.54, 1.807) is 0 Å². The molecular weight excluding hydrogens is 300 g/mol. The molecule has 24 heavy (non-hydrogen) atoms. The molecule has 0 saturated carbocycles. The van der Waals surface area contributed by atoms with E-state index in [4.69, 9.17) is 4.74 Å². The van der Waals surface area contributed by atoms with E-state index in [2.05, 4.69) is 33.1 Å². The minimum Gasteiger partial charge on any atom is -0.460 e. The number of aromatic nitrogens is 1. The second kappa shape index (κ2) is 6.36. The lowest BCUT2D eigenvalue weighted by molar-refractivity contribution is 0.172. The first-order valence-electron chi connectivity index (χ1n) is 9.93. The lowest BCUT2D eigenvalue weighted by Gasteiger charge is -2.22. The monoisotopic (exact) mass is 330 g/mol. The Kier molecular flexibility index (Phi) is 4.03. The third kappa shape index (κ3) is 3.22. The van der Waals surface area contributed by atoms with Crippen molar-refractivity contribution in [2.45, 2.75) is 94.2 Å². The molecule has 5 rings (SSSR count). The maximum Gasteiger partial charge on any atom is 0.192 e. The average Bonchev–Trinajstić information content (AvgIpc) is 3.32. The van der Waals surface area contributed by atoms with Crippen LogP contribution < -0.4 is 20.7 Å². The molecule has 5 heteroatoms. The molecule has 0 radical (unpaired) electrons. The van der Waals surface area contributed by atoms with Crippen molar-refractivity contribution in [3.8, 4) is 5.88 Å². The molecule has 132 valence electrons. The van der Waals surface area contributed by atoms with Gasteiger partial charge in [-0.25, -0.2) is 0 Å². The van der Waals surface area contributed by atoms with Crippen LogP contribution in [0.3, 0.4) is 0 Å². The van der Waals surface area contributed by atoms with Gasteiger partial charge in [0.25, 0.3) is 0 Å². The van der Waals surface area contributed by atoms with Crippen LogP contribution in [0.15, 0.2) is 12.1 Å². The van der Waals surface area contributed by atoms with Gasteiger partial charge in [-0.1, -0.05) is 0 Å². The maximum atomic E-state index is 6.14. The summed E-state index contributed by atoms with van der Waals surface area (Å²) >= 11 is 0. The van der Waals surface area contributed by atoms with Gasteiger partial charge in [-0.05, 0) is 63.5 Å². The maximum absolute atomic E-state index is 6.14. The van der Waals surface area contributed by atoms with E-state index in [0.29, 0.717) is 30.2 Å². The molecule has 8 bridgehead atoms. The molecule has 1 aromatic heterocycles. The highest BCUT2D eigenvalue weighted by Gasteiger charge is 2.33. The van der Waals surface area contributed by atoms with Crippen LogP contribution in [0.25, 0.3) is 0 Å². The summed E-state index contributed by atoms with van der Waals surface area (Å²) in [5.41, 5.74) is 1.30. The molecule has 0 aliphatic carbocycles. The fourth-order valence-corrected chi connectivity index (χ4v) is 5.30. The first-order valence-corrected chi connectivity index (χ1v) is 9.93. The molecule has 4 N–H and O–H groups in total. The predicted octanol–water partition coefficient (Wildman–Crippen LogP) is 2.05. The molecule has 6 atom stereocenters. The molecule has 4 aliphatic heterocycles. The SMILES string of the molecule is c1cc2[nH]c1CC1CCC(CC3CCC(CC4CCC(N4)O2)N3)N1. The summed E-state index contributed by atoms with van der Waals surface area (Å²) in [5.74, 6) is 0.920. The van der Waals surface area contributed by atoms with Crippen LogP contribution in [-0.4, -0.2) is 41.4 Å². The Morgan fingerprint density at radius 1 is 0.708 bits per heavy atom. The lowest BCUT2D eigenvalue weighted by Crippen LogP contribution is -2.40. The van der Waals surface area contributed by atoms with Crippen LogP contribution in [0, 0.1) is 0 Å². The molecule has 3 saturated heterocycles. The fraction of sp³-hybridized carbons (Fsp3) is 0.789. The number of nitrogens with one attached hydrogen (secondary N) is 4. The van der Waals surface area contributed by atoms with Crippen molar-refractivity contribution in [1.82, 2.24) is 20.9 Å². The van der Waals surface area contributed by atoms with E-state index in [1.807, 2.05) is 0 Å². The van der Waals surface area contributed by atoms with Crippen LogP contribution in [0.5, 0.6) is 5.88 Å². The van der Waals surface area contributed by atoms with Gasteiger partial charge in [0, 0.05) is 42.3 Å². The first-order chi connectivity index (χ1) is 11.8. The molecule has 5 nitrogen and oxygen atoms in total. The minimum absolute atomic E-state index is 0.167. The molecule has 0 aromatic carbocycles. The number of H-pyrrole nitrogens is 1. The third-order valence-corrected chi connectivity index (χ3v) is 6.46. The molecule has 3 fully saturated rings. The molecule has 6 unspecified atom stereocenters. The average molecular weight is 330 g/mol. The molecular formula is C19H30N4O. The Bertz CT molecular complexity index is 527. The zero-order chi connectivity index (χ0) is 15.9.